The maximum atomic E-state index is 9.22. The number of aliphatic hydroxyl groups excluding tert-OH is 1. The van der Waals surface area contributed by atoms with Gasteiger partial charge in [-0.15, -0.1) is 0 Å². The largest absolute Gasteiger partial charge is 0.392 e. The van der Waals surface area contributed by atoms with E-state index in [1.165, 1.54) is 28.2 Å². The molecule has 6 aromatic rings. The van der Waals surface area contributed by atoms with E-state index in [1.54, 1.807) is 0 Å². The molecule has 0 amide bonds. The fourth-order valence-electron chi connectivity index (χ4n) is 4.76. The van der Waals surface area contributed by atoms with Crippen molar-refractivity contribution < 1.29 is 5.11 Å². The van der Waals surface area contributed by atoms with E-state index in [-0.39, 0.29) is 6.61 Å². The Labute approximate surface area is 249 Å². The number of hydrogen-bond acceptors (Lipinski definition) is 3. The number of aliphatic hydroxyl groups is 1. The monoisotopic (exact) mass is 548 g/mol. The lowest BCUT2D eigenvalue weighted by molar-refractivity contribution is 0.282. The van der Waals surface area contributed by atoms with E-state index in [4.69, 9.17) is 0 Å². The molecule has 0 saturated heterocycles. The smallest absolute Gasteiger partial charge is 0.0681 e. The molecule has 0 aliphatic carbocycles. The van der Waals surface area contributed by atoms with E-state index in [0.717, 1.165) is 22.6 Å². The third kappa shape index (κ3) is 7.14. The summed E-state index contributed by atoms with van der Waals surface area (Å²) in [6.45, 7) is 4.27. The van der Waals surface area contributed by atoms with Crippen LogP contribution in [0.25, 0.3) is 0 Å². The Morgan fingerprint density at radius 2 is 0.619 bits per heavy atom. The topological polar surface area (TPSA) is 26.7 Å². The molecular formula is C39H36N2O. The Kier molecular flexibility index (Phi) is 9.46. The van der Waals surface area contributed by atoms with E-state index < -0.39 is 0 Å². The molecule has 42 heavy (non-hydrogen) atoms. The first kappa shape index (κ1) is 28.4. The third-order valence-electron chi connectivity index (χ3n) is 7.00. The van der Waals surface area contributed by atoms with Crippen LogP contribution in [0.1, 0.15) is 16.7 Å². The van der Waals surface area contributed by atoms with Gasteiger partial charge in [-0.2, -0.15) is 0 Å². The SMILES string of the molecule is Cc1ccc(N(c2ccccc2)c2ccc(CO)cc2)cc1.Cc1ccc(N(c2ccccc2)c2ccccc2)cc1. The van der Waals surface area contributed by atoms with Crippen LogP contribution < -0.4 is 9.80 Å². The van der Waals surface area contributed by atoms with Crippen molar-refractivity contribution in [1.29, 1.82) is 0 Å². The normalized spacial score (nSPS) is 10.4. The summed E-state index contributed by atoms with van der Waals surface area (Å²) in [6.07, 6.45) is 0. The van der Waals surface area contributed by atoms with Crippen molar-refractivity contribution in [3.63, 3.8) is 0 Å². The van der Waals surface area contributed by atoms with Crippen molar-refractivity contribution >= 4 is 34.1 Å². The van der Waals surface area contributed by atoms with E-state index in [2.05, 4.69) is 133 Å². The van der Waals surface area contributed by atoms with Gasteiger partial charge in [-0.05, 0) is 92.2 Å². The minimum absolute atomic E-state index is 0.0656. The number of benzene rings is 6. The van der Waals surface area contributed by atoms with Crippen LogP contribution in [-0.4, -0.2) is 5.11 Å². The molecule has 0 aliphatic rings. The summed E-state index contributed by atoms with van der Waals surface area (Å²) >= 11 is 0. The summed E-state index contributed by atoms with van der Waals surface area (Å²) in [4.78, 5) is 4.47. The lowest BCUT2D eigenvalue weighted by Crippen LogP contribution is -2.09. The number of anilines is 6. The lowest BCUT2D eigenvalue weighted by atomic mass is 10.1. The molecule has 0 heterocycles. The van der Waals surface area contributed by atoms with Crippen LogP contribution >= 0.6 is 0 Å². The molecule has 0 saturated carbocycles. The summed E-state index contributed by atoms with van der Waals surface area (Å²) in [5, 5.41) is 9.22. The molecule has 0 radical (unpaired) electrons. The number of para-hydroxylation sites is 3. The fraction of sp³-hybridized carbons (Fsp3) is 0.0769. The van der Waals surface area contributed by atoms with Crippen LogP contribution in [0.4, 0.5) is 34.1 Å². The van der Waals surface area contributed by atoms with Crippen molar-refractivity contribution in [3.8, 4) is 0 Å². The summed E-state index contributed by atoms with van der Waals surface area (Å²) < 4.78 is 0. The molecule has 6 rings (SSSR count). The van der Waals surface area contributed by atoms with Gasteiger partial charge < -0.3 is 14.9 Å². The van der Waals surface area contributed by atoms with E-state index >= 15 is 0 Å². The standard InChI is InChI=1S/C20H19NO.C19H17N/c1-16-7-11-19(12-8-16)21(18-5-3-2-4-6-18)20-13-9-17(15-22)10-14-20;1-16-12-14-19(15-13-16)20(17-8-4-2-5-9-17)18-10-6-3-7-11-18/h2-14,22H,15H2,1H3;2-15H,1H3. The van der Waals surface area contributed by atoms with Crippen molar-refractivity contribution in [2.45, 2.75) is 20.5 Å². The minimum atomic E-state index is 0.0656. The zero-order valence-corrected chi connectivity index (χ0v) is 24.1. The van der Waals surface area contributed by atoms with Gasteiger partial charge >= 0.3 is 0 Å². The minimum Gasteiger partial charge on any atom is -0.392 e. The second-order valence-corrected chi connectivity index (χ2v) is 10.2. The van der Waals surface area contributed by atoms with Gasteiger partial charge in [-0.3, -0.25) is 0 Å². The summed E-state index contributed by atoms with van der Waals surface area (Å²) in [5.41, 5.74) is 10.3. The molecule has 1 N–H and O–H groups in total. The molecule has 3 nitrogen and oxygen atoms in total. The molecule has 0 unspecified atom stereocenters. The van der Waals surface area contributed by atoms with Crippen molar-refractivity contribution in [1.82, 2.24) is 0 Å². The highest BCUT2D eigenvalue weighted by molar-refractivity contribution is 5.77. The van der Waals surface area contributed by atoms with E-state index in [9.17, 15) is 5.11 Å². The van der Waals surface area contributed by atoms with Gasteiger partial charge in [0.25, 0.3) is 0 Å². The maximum Gasteiger partial charge on any atom is 0.0681 e. The van der Waals surface area contributed by atoms with Crippen LogP contribution in [0.15, 0.2) is 164 Å². The second-order valence-electron chi connectivity index (χ2n) is 10.2. The molecule has 0 atom stereocenters. The molecule has 0 spiro atoms. The molecule has 0 bridgehead atoms. The van der Waals surface area contributed by atoms with Crippen molar-refractivity contribution in [2.24, 2.45) is 0 Å². The zero-order valence-electron chi connectivity index (χ0n) is 24.1. The first-order valence-corrected chi connectivity index (χ1v) is 14.2. The molecule has 0 aromatic heterocycles. The first-order chi connectivity index (χ1) is 20.6. The van der Waals surface area contributed by atoms with Crippen LogP contribution in [0, 0.1) is 13.8 Å². The van der Waals surface area contributed by atoms with Gasteiger partial charge in [0.2, 0.25) is 0 Å². The Balaban J connectivity index is 0.000000169. The summed E-state index contributed by atoms with van der Waals surface area (Å²) in [5.74, 6) is 0. The predicted molar refractivity (Wildman–Crippen MR) is 178 cm³/mol. The van der Waals surface area contributed by atoms with E-state index in [1.807, 2.05) is 54.6 Å². The predicted octanol–water partition coefficient (Wildman–Crippen LogP) is 10.4. The molecule has 0 fully saturated rings. The van der Waals surface area contributed by atoms with Gasteiger partial charge in [-0.1, -0.05) is 102 Å². The maximum absolute atomic E-state index is 9.22. The first-order valence-electron chi connectivity index (χ1n) is 14.2. The van der Waals surface area contributed by atoms with Gasteiger partial charge in [-0.25, -0.2) is 0 Å². The number of aryl methyl sites for hydroxylation is 2. The van der Waals surface area contributed by atoms with Gasteiger partial charge in [0, 0.05) is 34.1 Å². The lowest BCUT2D eigenvalue weighted by Gasteiger charge is -2.25. The molecule has 208 valence electrons. The van der Waals surface area contributed by atoms with Crippen LogP contribution in [0.3, 0.4) is 0 Å². The Hall–Kier alpha value is -5.12. The molecule has 0 aliphatic heterocycles. The highest BCUT2D eigenvalue weighted by Crippen LogP contribution is 2.35. The highest BCUT2D eigenvalue weighted by atomic mass is 16.3. The Bertz CT molecular complexity index is 1590. The fourth-order valence-corrected chi connectivity index (χ4v) is 4.76. The number of nitrogens with zero attached hydrogens (tertiary/aromatic N) is 2. The molecular weight excluding hydrogens is 512 g/mol. The average Bonchev–Trinajstić information content (AvgIpc) is 3.05. The number of hydrogen-bond donors (Lipinski definition) is 1. The zero-order chi connectivity index (χ0) is 29.1. The van der Waals surface area contributed by atoms with Gasteiger partial charge in [0.15, 0.2) is 0 Å². The highest BCUT2D eigenvalue weighted by Gasteiger charge is 2.12. The average molecular weight is 549 g/mol. The van der Waals surface area contributed by atoms with Crippen molar-refractivity contribution in [2.75, 3.05) is 9.80 Å². The van der Waals surface area contributed by atoms with Crippen LogP contribution in [0.5, 0.6) is 0 Å². The third-order valence-corrected chi connectivity index (χ3v) is 7.00. The molecule has 6 aromatic carbocycles. The Morgan fingerprint density at radius 1 is 0.357 bits per heavy atom. The van der Waals surface area contributed by atoms with Gasteiger partial charge in [0.1, 0.15) is 0 Å². The van der Waals surface area contributed by atoms with Crippen LogP contribution in [-0.2, 0) is 6.61 Å². The summed E-state index contributed by atoms with van der Waals surface area (Å²) in [6, 6.07) is 56.3. The van der Waals surface area contributed by atoms with E-state index in [0.29, 0.717) is 0 Å². The summed E-state index contributed by atoms with van der Waals surface area (Å²) in [7, 11) is 0. The van der Waals surface area contributed by atoms with Gasteiger partial charge in [0.05, 0.1) is 6.61 Å². The second kappa shape index (κ2) is 14.0. The Morgan fingerprint density at radius 3 is 0.905 bits per heavy atom. The van der Waals surface area contributed by atoms with Crippen molar-refractivity contribution in [3.05, 3.63) is 180 Å². The quantitative estimate of drug-likeness (QED) is 0.215. The molecule has 3 heteroatoms. The number of rotatable bonds is 7. The van der Waals surface area contributed by atoms with Crippen LogP contribution in [0.2, 0.25) is 0 Å².